The van der Waals surface area contributed by atoms with Crippen LogP contribution < -0.4 is 9.47 Å². The lowest BCUT2D eigenvalue weighted by Crippen LogP contribution is -2.05. The Balaban J connectivity index is 0.00000243. The first-order valence-corrected chi connectivity index (χ1v) is 8.10. The van der Waals surface area contributed by atoms with E-state index >= 15 is 0 Å². The van der Waals surface area contributed by atoms with Crippen LogP contribution in [0.25, 0.3) is 0 Å². The SMILES string of the molecule is COc1cc(OC)cc(C(O)c2cccc(Cc3ccccc3)n2)c1.Cl. The number of nitrogens with zero attached hydrogens (tertiary/aromatic N) is 1. The Hall–Kier alpha value is -2.56. The van der Waals surface area contributed by atoms with Crippen LogP contribution in [0.3, 0.4) is 0 Å². The van der Waals surface area contributed by atoms with Gasteiger partial charge in [0, 0.05) is 18.2 Å². The van der Waals surface area contributed by atoms with Crippen molar-refractivity contribution in [3.63, 3.8) is 0 Å². The van der Waals surface area contributed by atoms with Gasteiger partial charge in [-0.15, -0.1) is 12.4 Å². The van der Waals surface area contributed by atoms with E-state index < -0.39 is 6.10 Å². The van der Waals surface area contributed by atoms with Crippen LogP contribution in [0.2, 0.25) is 0 Å². The Morgan fingerprint density at radius 2 is 1.54 bits per heavy atom. The normalized spacial score (nSPS) is 11.3. The summed E-state index contributed by atoms with van der Waals surface area (Å²) in [5.74, 6) is 1.27. The monoisotopic (exact) mass is 371 g/mol. The summed E-state index contributed by atoms with van der Waals surface area (Å²) in [7, 11) is 3.17. The summed E-state index contributed by atoms with van der Waals surface area (Å²) in [6.45, 7) is 0. The van der Waals surface area contributed by atoms with Crippen LogP contribution in [0.15, 0.2) is 66.7 Å². The topological polar surface area (TPSA) is 51.6 Å². The molecule has 2 aromatic carbocycles. The summed E-state index contributed by atoms with van der Waals surface area (Å²) in [5.41, 5.74) is 3.38. The number of aliphatic hydroxyl groups excluding tert-OH is 1. The molecule has 0 fully saturated rings. The van der Waals surface area contributed by atoms with E-state index in [0.29, 0.717) is 22.8 Å². The van der Waals surface area contributed by atoms with Crippen molar-refractivity contribution in [2.24, 2.45) is 0 Å². The van der Waals surface area contributed by atoms with Gasteiger partial charge in [-0.1, -0.05) is 36.4 Å². The van der Waals surface area contributed by atoms with Gasteiger partial charge in [0.15, 0.2) is 0 Å². The van der Waals surface area contributed by atoms with E-state index in [1.165, 1.54) is 5.56 Å². The molecule has 1 aromatic heterocycles. The predicted molar refractivity (Wildman–Crippen MR) is 104 cm³/mol. The number of benzene rings is 2. The smallest absolute Gasteiger partial charge is 0.122 e. The number of ether oxygens (including phenoxy) is 2. The Kier molecular flexibility index (Phi) is 7.01. The minimum absolute atomic E-state index is 0. The van der Waals surface area contributed by atoms with Gasteiger partial charge in [-0.3, -0.25) is 4.98 Å². The second-order valence-electron chi connectivity index (χ2n) is 5.76. The predicted octanol–water partition coefficient (Wildman–Crippen LogP) is 4.19. The second-order valence-corrected chi connectivity index (χ2v) is 5.76. The lowest BCUT2D eigenvalue weighted by atomic mass is 10.0. The molecule has 0 radical (unpaired) electrons. The average molecular weight is 372 g/mol. The van der Waals surface area contributed by atoms with Gasteiger partial charge >= 0.3 is 0 Å². The van der Waals surface area contributed by atoms with Crippen molar-refractivity contribution >= 4 is 12.4 Å². The fourth-order valence-corrected chi connectivity index (χ4v) is 2.71. The molecule has 3 aromatic rings. The highest BCUT2D eigenvalue weighted by Gasteiger charge is 2.15. The number of hydrogen-bond donors (Lipinski definition) is 1. The van der Waals surface area contributed by atoms with Gasteiger partial charge in [-0.25, -0.2) is 0 Å². The Morgan fingerprint density at radius 3 is 2.15 bits per heavy atom. The summed E-state index contributed by atoms with van der Waals surface area (Å²) in [4.78, 5) is 4.62. The lowest BCUT2D eigenvalue weighted by Gasteiger charge is -2.14. The molecule has 0 saturated carbocycles. The molecule has 1 atom stereocenters. The molecular weight excluding hydrogens is 350 g/mol. The molecule has 5 heteroatoms. The molecule has 0 aliphatic heterocycles. The molecule has 26 heavy (non-hydrogen) atoms. The van der Waals surface area contributed by atoms with Gasteiger partial charge in [0.05, 0.1) is 19.9 Å². The maximum absolute atomic E-state index is 10.7. The highest BCUT2D eigenvalue weighted by Crippen LogP contribution is 2.29. The fourth-order valence-electron chi connectivity index (χ4n) is 2.71. The van der Waals surface area contributed by atoms with Crippen molar-refractivity contribution in [2.75, 3.05) is 14.2 Å². The molecular formula is C21H22ClNO3. The number of rotatable bonds is 6. The molecule has 4 nitrogen and oxygen atoms in total. The number of pyridine rings is 1. The molecule has 0 saturated heterocycles. The summed E-state index contributed by atoms with van der Waals surface area (Å²) in [6.07, 6.45) is -0.122. The van der Waals surface area contributed by atoms with Gasteiger partial charge in [0.2, 0.25) is 0 Å². The Labute approximate surface area is 159 Å². The van der Waals surface area contributed by atoms with Crippen LogP contribution in [0, 0.1) is 0 Å². The number of methoxy groups -OCH3 is 2. The fraction of sp³-hybridized carbons (Fsp3) is 0.190. The summed E-state index contributed by atoms with van der Waals surface area (Å²) in [6, 6.07) is 21.2. The highest BCUT2D eigenvalue weighted by atomic mass is 35.5. The van der Waals surface area contributed by atoms with Gasteiger partial charge in [0.1, 0.15) is 17.6 Å². The highest BCUT2D eigenvalue weighted by molar-refractivity contribution is 5.85. The molecule has 3 rings (SSSR count). The Bertz CT molecular complexity index is 817. The molecule has 0 bridgehead atoms. The maximum Gasteiger partial charge on any atom is 0.122 e. The van der Waals surface area contributed by atoms with Crippen LogP contribution in [-0.2, 0) is 6.42 Å². The van der Waals surface area contributed by atoms with E-state index in [1.807, 2.05) is 36.4 Å². The number of hydrogen-bond acceptors (Lipinski definition) is 4. The molecule has 0 aliphatic carbocycles. The number of aromatic nitrogens is 1. The molecule has 1 unspecified atom stereocenters. The number of aliphatic hydroxyl groups is 1. The summed E-state index contributed by atoms with van der Waals surface area (Å²) in [5, 5.41) is 10.7. The quantitative estimate of drug-likeness (QED) is 0.705. The first-order valence-electron chi connectivity index (χ1n) is 8.10. The number of halogens is 1. The van der Waals surface area contributed by atoms with E-state index in [4.69, 9.17) is 9.47 Å². The molecule has 1 N–H and O–H groups in total. The summed E-state index contributed by atoms with van der Waals surface area (Å²) < 4.78 is 10.5. The zero-order chi connectivity index (χ0) is 17.6. The molecule has 0 spiro atoms. The van der Waals surface area contributed by atoms with Crippen LogP contribution >= 0.6 is 12.4 Å². The lowest BCUT2D eigenvalue weighted by molar-refractivity contribution is 0.214. The van der Waals surface area contributed by atoms with Crippen molar-refractivity contribution < 1.29 is 14.6 Å². The van der Waals surface area contributed by atoms with Gasteiger partial charge in [0.25, 0.3) is 0 Å². The maximum atomic E-state index is 10.7. The van der Waals surface area contributed by atoms with Crippen molar-refractivity contribution in [2.45, 2.75) is 12.5 Å². The van der Waals surface area contributed by atoms with Gasteiger partial charge in [-0.2, -0.15) is 0 Å². The molecule has 0 aliphatic rings. The van der Waals surface area contributed by atoms with E-state index in [0.717, 1.165) is 12.1 Å². The van der Waals surface area contributed by atoms with Crippen molar-refractivity contribution in [3.05, 3.63) is 89.2 Å². The van der Waals surface area contributed by atoms with Crippen LogP contribution in [0.4, 0.5) is 0 Å². The van der Waals surface area contributed by atoms with Crippen LogP contribution in [-0.4, -0.2) is 24.3 Å². The van der Waals surface area contributed by atoms with E-state index in [2.05, 4.69) is 17.1 Å². The molecule has 1 heterocycles. The third-order valence-corrected chi connectivity index (χ3v) is 4.03. The summed E-state index contributed by atoms with van der Waals surface area (Å²) >= 11 is 0. The van der Waals surface area contributed by atoms with E-state index in [9.17, 15) is 5.11 Å². The van der Waals surface area contributed by atoms with Crippen molar-refractivity contribution in [3.8, 4) is 11.5 Å². The minimum atomic E-state index is -0.847. The van der Waals surface area contributed by atoms with Crippen LogP contribution in [0.5, 0.6) is 11.5 Å². The first-order chi connectivity index (χ1) is 12.2. The molecule has 136 valence electrons. The standard InChI is InChI=1S/C21H21NO3.ClH/c1-24-18-12-16(13-19(14-18)25-2)21(23)20-10-6-9-17(22-20)11-15-7-4-3-5-8-15;/h3-10,12-14,21,23H,11H2,1-2H3;1H. The van der Waals surface area contributed by atoms with E-state index in [1.54, 1.807) is 32.4 Å². The molecule has 0 amide bonds. The third kappa shape index (κ3) is 4.75. The van der Waals surface area contributed by atoms with E-state index in [-0.39, 0.29) is 12.4 Å². The largest absolute Gasteiger partial charge is 0.497 e. The van der Waals surface area contributed by atoms with Crippen molar-refractivity contribution in [1.29, 1.82) is 0 Å². The van der Waals surface area contributed by atoms with Gasteiger partial charge in [-0.05, 0) is 35.4 Å². The van der Waals surface area contributed by atoms with Gasteiger partial charge < -0.3 is 14.6 Å². The minimum Gasteiger partial charge on any atom is -0.497 e. The zero-order valence-electron chi connectivity index (χ0n) is 14.8. The van der Waals surface area contributed by atoms with Crippen molar-refractivity contribution in [1.82, 2.24) is 4.98 Å². The first kappa shape index (κ1) is 19.8. The third-order valence-electron chi connectivity index (χ3n) is 4.03. The second kappa shape index (κ2) is 9.22. The zero-order valence-corrected chi connectivity index (χ0v) is 15.6. The average Bonchev–Trinajstić information content (AvgIpc) is 2.68. The Morgan fingerprint density at radius 1 is 0.885 bits per heavy atom. The van der Waals surface area contributed by atoms with Crippen LogP contribution in [0.1, 0.15) is 28.6 Å².